The van der Waals surface area contributed by atoms with Crippen LogP contribution in [0.5, 0.6) is 5.75 Å². The highest BCUT2D eigenvalue weighted by molar-refractivity contribution is 5.32. The highest BCUT2D eigenvalue weighted by Gasteiger charge is 2.10. The summed E-state index contributed by atoms with van der Waals surface area (Å²) in [6.45, 7) is 4.58. The van der Waals surface area contributed by atoms with Crippen LogP contribution in [0.4, 0.5) is 4.39 Å². The summed E-state index contributed by atoms with van der Waals surface area (Å²) in [4.78, 5) is 2.35. The van der Waals surface area contributed by atoms with Gasteiger partial charge in [-0.15, -0.1) is 0 Å². The van der Waals surface area contributed by atoms with E-state index in [9.17, 15) is 9.50 Å². The Kier molecular flexibility index (Phi) is 4.34. The summed E-state index contributed by atoms with van der Waals surface area (Å²) in [6, 6.07) is 4.22. The Balaban J connectivity index is 1.77. The van der Waals surface area contributed by atoms with E-state index in [0.29, 0.717) is 0 Å². The average Bonchev–Trinajstić information content (AvgIpc) is 2.33. The van der Waals surface area contributed by atoms with Gasteiger partial charge < -0.3 is 9.84 Å². The number of benzene rings is 1. The van der Waals surface area contributed by atoms with E-state index in [1.165, 1.54) is 12.1 Å². The molecule has 94 valence electrons. The van der Waals surface area contributed by atoms with E-state index in [-0.39, 0.29) is 11.6 Å². The maximum atomic E-state index is 12.8. The van der Waals surface area contributed by atoms with Gasteiger partial charge in [0.1, 0.15) is 11.6 Å². The van der Waals surface area contributed by atoms with Crippen LogP contribution in [0.25, 0.3) is 0 Å². The second kappa shape index (κ2) is 5.98. The molecule has 3 nitrogen and oxygen atoms in total. The lowest BCUT2D eigenvalue weighted by atomic mass is 10.1. The second-order valence-electron chi connectivity index (χ2n) is 4.33. The number of phenols is 1. The van der Waals surface area contributed by atoms with Crippen LogP contribution in [0.3, 0.4) is 0 Å². The van der Waals surface area contributed by atoms with E-state index in [1.54, 1.807) is 6.07 Å². The van der Waals surface area contributed by atoms with Crippen LogP contribution in [0.15, 0.2) is 18.2 Å². The highest BCUT2D eigenvalue weighted by atomic mass is 19.1. The lowest BCUT2D eigenvalue weighted by Crippen LogP contribution is -2.36. The quantitative estimate of drug-likeness (QED) is 0.869. The first-order valence-electron chi connectivity index (χ1n) is 6.03. The van der Waals surface area contributed by atoms with Crippen LogP contribution in [0.1, 0.15) is 12.0 Å². The zero-order valence-electron chi connectivity index (χ0n) is 9.86. The molecule has 0 atom stereocenters. The fourth-order valence-corrected chi connectivity index (χ4v) is 2.07. The van der Waals surface area contributed by atoms with Crippen LogP contribution < -0.4 is 0 Å². The van der Waals surface area contributed by atoms with Gasteiger partial charge in [-0.1, -0.05) is 6.07 Å². The Labute approximate surface area is 101 Å². The van der Waals surface area contributed by atoms with Gasteiger partial charge in [0.2, 0.25) is 0 Å². The van der Waals surface area contributed by atoms with Gasteiger partial charge in [-0.2, -0.15) is 0 Å². The molecule has 1 aromatic rings. The van der Waals surface area contributed by atoms with E-state index in [2.05, 4.69) is 4.90 Å². The Hall–Kier alpha value is -1.13. The molecule has 0 unspecified atom stereocenters. The molecule has 1 aromatic carbocycles. The largest absolute Gasteiger partial charge is 0.508 e. The zero-order valence-corrected chi connectivity index (χ0v) is 9.86. The van der Waals surface area contributed by atoms with Gasteiger partial charge in [-0.25, -0.2) is 4.39 Å². The van der Waals surface area contributed by atoms with Crippen molar-refractivity contribution in [3.63, 3.8) is 0 Å². The van der Waals surface area contributed by atoms with Crippen molar-refractivity contribution in [2.24, 2.45) is 0 Å². The molecule has 1 heterocycles. The Morgan fingerprint density at radius 2 is 2.06 bits per heavy atom. The highest BCUT2D eigenvalue weighted by Crippen LogP contribution is 2.19. The Morgan fingerprint density at radius 1 is 1.29 bits per heavy atom. The van der Waals surface area contributed by atoms with Gasteiger partial charge in [-0.05, 0) is 31.0 Å². The first-order valence-corrected chi connectivity index (χ1v) is 6.03. The number of morpholine rings is 1. The number of nitrogens with zero attached hydrogens (tertiary/aromatic N) is 1. The summed E-state index contributed by atoms with van der Waals surface area (Å²) in [7, 11) is 0. The lowest BCUT2D eigenvalue weighted by Gasteiger charge is -2.26. The predicted octanol–water partition coefficient (Wildman–Crippen LogP) is 1.80. The summed E-state index contributed by atoms with van der Waals surface area (Å²) in [5.74, 6) is -0.327. The van der Waals surface area contributed by atoms with Crippen molar-refractivity contribution in [2.75, 3.05) is 32.8 Å². The minimum absolute atomic E-state index is 0.0620. The van der Waals surface area contributed by atoms with Crippen LogP contribution in [0, 0.1) is 5.82 Å². The molecule has 4 heteroatoms. The third kappa shape index (κ3) is 3.68. The van der Waals surface area contributed by atoms with Gasteiger partial charge >= 0.3 is 0 Å². The lowest BCUT2D eigenvalue weighted by molar-refractivity contribution is 0.0374. The number of aryl methyl sites for hydroxylation is 1. The summed E-state index contributed by atoms with van der Waals surface area (Å²) < 4.78 is 18.1. The van der Waals surface area contributed by atoms with Gasteiger partial charge in [-0.3, -0.25) is 4.90 Å². The van der Waals surface area contributed by atoms with Gasteiger partial charge in [0.15, 0.2) is 0 Å². The molecule has 1 saturated heterocycles. The van der Waals surface area contributed by atoms with Crippen molar-refractivity contribution in [3.8, 4) is 5.75 Å². The number of phenolic OH excluding ortho intramolecular Hbond substituents is 1. The number of halogens is 1. The van der Waals surface area contributed by atoms with Crippen LogP contribution in [-0.2, 0) is 11.2 Å². The fraction of sp³-hybridized carbons (Fsp3) is 0.538. The maximum absolute atomic E-state index is 12.8. The zero-order chi connectivity index (χ0) is 12.1. The minimum Gasteiger partial charge on any atom is -0.508 e. The second-order valence-corrected chi connectivity index (χ2v) is 4.33. The molecule has 1 N–H and O–H groups in total. The molecular weight excluding hydrogens is 221 g/mol. The molecule has 1 fully saturated rings. The predicted molar refractivity (Wildman–Crippen MR) is 63.6 cm³/mol. The molecule has 0 amide bonds. The molecule has 0 radical (unpaired) electrons. The SMILES string of the molecule is Oc1cc(F)ccc1CCCN1CCOCC1. The molecule has 0 spiro atoms. The molecule has 1 aliphatic rings. The molecule has 2 rings (SSSR count). The number of hydrogen-bond donors (Lipinski definition) is 1. The normalized spacial score (nSPS) is 17.2. The summed E-state index contributed by atoms with van der Waals surface area (Å²) in [5, 5.41) is 9.55. The molecule has 17 heavy (non-hydrogen) atoms. The minimum atomic E-state index is -0.389. The average molecular weight is 239 g/mol. The molecule has 0 aliphatic carbocycles. The number of hydrogen-bond acceptors (Lipinski definition) is 3. The standard InChI is InChI=1S/C13H18FNO2/c14-12-4-3-11(13(16)10-12)2-1-5-15-6-8-17-9-7-15/h3-4,10,16H,1-2,5-9H2. The van der Waals surface area contributed by atoms with E-state index in [1.807, 2.05) is 0 Å². The number of rotatable bonds is 4. The summed E-state index contributed by atoms with van der Waals surface area (Å²) in [5.41, 5.74) is 0.819. The Morgan fingerprint density at radius 3 is 2.76 bits per heavy atom. The van der Waals surface area contributed by atoms with Crippen LogP contribution in [-0.4, -0.2) is 42.9 Å². The van der Waals surface area contributed by atoms with Crippen LogP contribution >= 0.6 is 0 Å². The van der Waals surface area contributed by atoms with Crippen molar-refractivity contribution in [3.05, 3.63) is 29.6 Å². The molecular formula is C13H18FNO2. The first-order chi connectivity index (χ1) is 8.25. The first kappa shape index (κ1) is 12.3. The number of ether oxygens (including phenoxy) is 1. The topological polar surface area (TPSA) is 32.7 Å². The van der Waals surface area contributed by atoms with Crippen molar-refractivity contribution in [1.82, 2.24) is 4.90 Å². The van der Waals surface area contributed by atoms with E-state index >= 15 is 0 Å². The van der Waals surface area contributed by atoms with Crippen molar-refractivity contribution in [2.45, 2.75) is 12.8 Å². The smallest absolute Gasteiger partial charge is 0.126 e. The van der Waals surface area contributed by atoms with E-state index in [4.69, 9.17) is 4.74 Å². The summed E-state index contributed by atoms with van der Waals surface area (Å²) >= 11 is 0. The third-order valence-corrected chi connectivity index (χ3v) is 3.07. The monoisotopic (exact) mass is 239 g/mol. The van der Waals surface area contributed by atoms with E-state index < -0.39 is 0 Å². The Bertz CT molecular complexity index is 364. The summed E-state index contributed by atoms with van der Waals surface area (Å²) in [6.07, 6.45) is 1.75. The maximum Gasteiger partial charge on any atom is 0.126 e. The molecule has 0 bridgehead atoms. The third-order valence-electron chi connectivity index (χ3n) is 3.07. The van der Waals surface area contributed by atoms with Crippen molar-refractivity contribution in [1.29, 1.82) is 0 Å². The molecule has 1 aliphatic heterocycles. The molecule has 0 aromatic heterocycles. The number of aromatic hydroxyl groups is 1. The van der Waals surface area contributed by atoms with Crippen molar-refractivity contribution >= 4 is 0 Å². The van der Waals surface area contributed by atoms with E-state index in [0.717, 1.165) is 51.3 Å². The van der Waals surface area contributed by atoms with Gasteiger partial charge in [0, 0.05) is 19.2 Å². The molecule has 0 saturated carbocycles. The van der Waals surface area contributed by atoms with Crippen molar-refractivity contribution < 1.29 is 14.2 Å². The van der Waals surface area contributed by atoms with Crippen LogP contribution in [0.2, 0.25) is 0 Å². The van der Waals surface area contributed by atoms with Gasteiger partial charge in [0.05, 0.1) is 13.2 Å². The fourth-order valence-electron chi connectivity index (χ4n) is 2.07. The van der Waals surface area contributed by atoms with Gasteiger partial charge in [0.25, 0.3) is 0 Å².